The topological polar surface area (TPSA) is 98.1 Å². The molecule has 36 heavy (non-hydrogen) atoms. The van der Waals surface area contributed by atoms with E-state index in [1.54, 1.807) is 18.2 Å². The monoisotopic (exact) mass is 535 g/mol. The number of nitrogens with one attached hydrogen (secondary N) is 2. The quantitative estimate of drug-likeness (QED) is 0.258. The van der Waals surface area contributed by atoms with Crippen molar-refractivity contribution in [2.45, 2.75) is 12.4 Å². The van der Waals surface area contributed by atoms with Crippen LogP contribution in [-0.4, -0.2) is 52.5 Å². The van der Waals surface area contributed by atoms with Crippen molar-refractivity contribution in [3.63, 3.8) is 0 Å². The maximum absolute atomic E-state index is 13.4. The van der Waals surface area contributed by atoms with Crippen molar-refractivity contribution < 1.29 is 40.7 Å². The Labute approximate surface area is 204 Å². The summed E-state index contributed by atoms with van der Waals surface area (Å²) < 4.78 is 83.0. The second-order valence-corrected chi connectivity index (χ2v) is 7.46. The molecule has 0 saturated carbocycles. The Morgan fingerprint density at radius 2 is 1.53 bits per heavy atom. The standard InChI is InChI=1S/C21H16ClF6N5O3/c22-15-7-6-13(19(31-15)36-11-20(23,24)25)17(34)29-8-9-30-18(35)14-10-33(12-4-2-1-3-5-12)32-16(14)21(26,27)28/h1-7,10H,8-9,11H2,(H,29,34)(H,30,35). The molecule has 2 aromatic heterocycles. The van der Waals surface area contributed by atoms with E-state index in [4.69, 9.17) is 11.6 Å². The number of nitrogens with zero attached hydrogens (tertiary/aromatic N) is 3. The first-order chi connectivity index (χ1) is 16.8. The Balaban J connectivity index is 1.63. The third-order valence-corrected chi connectivity index (χ3v) is 4.60. The molecule has 0 unspecified atom stereocenters. The summed E-state index contributed by atoms with van der Waals surface area (Å²) >= 11 is 5.64. The van der Waals surface area contributed by atoms with Crippen molar-refractivity contribution in [2.24, 2.45) is 0 Å². The second kappa shape index (κ2) is 10.8. The molecule has 3 aromatic rings. The van der Waals surface area contributed by atoms with Gasteiger partial charge in [0.15, 0.2) is 12.3 Å². The zero-order chi connectivity index (χ0) is 26.5. The Morgan fingerprint density at radius 3 is 2.11 bits per heavy atom. The summed E-state index contributed by atoms with van der Waals surface area (Å²) in [5.41, 5.74) is -2.19. The molecule has 15 heteroatoms. The van der Waals surface area contributed by atoms with Crippen LogP contribution in [0.25, 0.3) is 5.69 Å². The SMILES string of the molecule is O=C(NCCNC(=O)c1cn(-c2ccccc2)nc1C(F)(F)F)c1ccc(Cl)nc1OCC(F)(F)F. The Hall–Kier alpha value is -3.81. The van der Waals surface area contributed by atoms with Crippen LogP contribution < -0.4 is 15.4 Å². The lowest BCUT2D eigenvalue weighted by Crippen LogP contribution is -2.35. The average Bonchev–Trinajstić information content (AvgIpc) is 3.27. The van der Waals surface area contributed by atoms with E-state index in [1.807, 2.05) is 0 Å². The van der Waals surface area contributed by atoms with Gasteiger partial charge in [-0.25, -0.2) is 9.67 Å². The molecule has 8 nitrogen and oxygen atoms in total. The maximum atomic E-state index is 13.4. The highest BCUT2D eigenvalue weighted by atomic mass is 35.5. The van der Waals surface area contributed by atoms with Crippen LogP contribution in [0.1, 0.15) is 26.4 Å². The summed E-state index contributed by atoms with van der Waals surface area (Å²) in [7, 11) is 0. The summed E-state index contributed by atoms with van der Waals surface area (Å²) in [5, 5.41) is 7.78. The third-order valence-electron chi connectivity index (χ3n) is 4.39. The van der Waals surface area contributed by atoms with E-state index in [-0.39, 0.29) is 23.8 Å². The maximum Gasteiger partial charge on any atom is 0.435 e. The first kappa shape index (κ1) is 26.8. The molecule has 2 heterocycles. The zero-order valence-electron chi connectivity index (χ0n) is 18.0. The number of alkyl halides is 6. The van der Waals surface area contributed by atoms with Crippen LogP contribution in [0.5, 0.6) is 5.88 Å². The summed E-state index contributed by atoms with van der Waals surface area (Å²) in [6, 6.07) is 10.1. The van der Waals surface area contributed by atoms with Crippen molar-refractivity contribution in [1.29, 1.82) is 0 Å². The molecule has 0 aliphatic carbocycles. The van der Waals surface area contributed by atoms with Crippen LogP contribution in [0.2, 0.25) is 5.15 Å². The smallest absolute Gasteiger partial charge is 0.435 e. The molecule has 2 N–H and O–H groups in total. The van der Waals surface area contributed by atoms with E-state index < -0.39 is 47.9 Å². The summed E-state index contributed by atoms with van der Waals surface area (Å²) in [6.45, 7) is -2.30. The zero-order valence-corrected chi connectivity index (χ0v) is 18.7. The highest BCUT2D eigenvalue weighted by Gasteiger charge is 2.39. The number of halogens is 7. The molecule has 0 bridgehead atoms. The van der Waals surface area contributed by atoms with Gasteiger partial charge in [0.2, 0.25) is 5.88 Å². The van der Waals surface area contributed by atoms with Crippen molar-refractivity contribution in [1.82, 2.24) is 25.4 Å². The van der Waals surface area contributed by atoms with Crippen LogP contribution >= 0.6 is 11.6 Å². The minimum Gasteiger partial charge on any atom is -0.467 e. The molecular weight excluding hydrogens is 520 g/mol. The molecule has 192 valence electrons. The Bertz CT molecular complexity index is 1230. The minimum absolute atomic E-state index is 0.215. The number of carbonyl (C=O) groups is 2. The lowest BCUT2D eigenvalue weighted by atomic mass is 10.2. The molecule has 3 rings (SSSR count). The number of aromatic nitrogens is 3. The van der Waals surface area contributed by atoms with Gasteiger partial charge in [0, 0.05) is 19.3 Å². The normalized spacial score (nSPS) is 11.8. The molecular formula is C21H16ClF6N5O3. The van der Waals surface area contributed by atoms with Crippen molar-refractivity contribution in [3.8, 4) is 11.6 Å². The van der Waals surface area contributed by atoms with Gasteiger partial charge >= 0.3 is 12.4 Å². The number of ether oxygens (including phenoxy) is 1. The van der Waals surface area contributed by atoms with Crippen molar-refractivity contribution >= 4 is 23.4 Å². The largest absolute Gasteiger partial charge is 0.467 e. The number of rotatable bonds is 8. The van der Waals surface area contributed by atoms with E-state index in [2.05, 4.69) is 25.5 Å². The van der Waals surface area contributed by atoms with Crippen LogP contribution in [0.3, 0.4) is 0 Å². The van der Waals surface area contributed by atoms with Gasteiger partial charge in [0.05, 0.1) is 11.3 Å². The van der Waals surface area contributed by atoms with E-state index in [0.717, 1.165) is 23.0 Å². The lowest BCUT2D eigenvalue weighted by Gasteiger charge is -2.13. The highest BCUT2D eigenvalue weighted by Crippen LogP contribution is 2.31. The van der Waals surface area contributed by atoms with Crippen LogP contribution in [0.4, 0.5) is 26.3 Å². The number of carbonyl (C=O) groups excluding carboxylic acids is 2. The third kappa shape index (κ3) is 7.10. The molecule has 0 aliphatic heterocycles. The summed E-state index contributed by atoms with van der Waals surface area (Å²) in [4.78, 5) is 28.3. The van der Waals surface area contributed by atoms with Gasteiger partial charge in [-0.1, -0.05) is 29.8 Å². The molecule has 0 radical (unpaired) electrons. The number of pyridine rings is 1. The summed E-state index contributed by atoms with van der Waals surface area (Å²) in [5.74, 6) is -2.66. The van der Waals surface area contributed by atoms with Gasteiger partial charge in [-0.05, 0) is 24.3 Å². The van der Waals surface area contributed by atoms with Gasteiger partial charge in [-0.2, -0.15) is 31.4 Å². The van der Waals surface area contributed by atoms with E-state index in [0.29, 0.717) is 5.69 Å². The van der Waals surface area contributed by atoms with Gasteiger partial charge in [0.25, 0.3) is 11.8 Å². The second-order valence-electron chi connectivity index (χ2n) is 7.07. The fraction of sp³-hybridized carbons (Fsp3) is 0.238. The molecule has 0 fully saturated rings. The van der Waals surface area contributed by atoms with Crippen LogP contribution in [0.15, 0.2) is 48.7 Å². The minimum atomic E-state index is -4.91. The van der Waals surface area contributed by atoms with Gasteiger partial charge in [-0.15, -0.1) is 0 Å². The first-order valence-corrected chi connectivity index (χ1v) is 10.4. The van der Waals surface area contributed by atoms with Crippen molar-refractivity contribution in [3.05, 3.63) is 70.6 Å². The molecule has 2 amide bonds. The average molecular weight is 536 g/mol. The van der Waals surface area contributed by atoms with Gasteiger partial charge in [0.1, 0.15) is 10.7 Å². The first-order valence-electron chi connectivity index (χ1n) is 10.00. The summed E-state index contributed by atoms with van der Waals surface area (Å²) in [6.07, 6.45) is -8.67. The molecule has 0 aliphatic rings. The fourth-order valence-corrected chi connectivity index (χ4v) is 3.00. The number of para-hydroxylation sites is 1. The van der Waals surface area contributed by atoms with Gasteiger partial charge in [-0.3, -0.25) is 9.59 Å². The highest BCUT2D eigenvalue weighted by molar-refractivity contribution is 6.29. The van der Waals surface area contributed by atoms with E-state index in [9.17, 15) is 35.9 Å². The molecule has 0 spiro atoms. The number of amides is 2. The Morgan fingerprint density at radius 1 is 0.917 bits per heavy atom. The number of benzene rings is 1. The number of hydrogen-bond acceptors (Lipinski definition) is 5. The molecule has 0 saturated heterocycles. The van der Waals surface area contributed by atoms with E-state index in [1.165, 1.54) is 12.1 Å². The number of hydrogen-bond donors (Lipinski definition) is 2. The fourth-order valence-electron chi connectivity index (χ4n) is 2.86. The molecule has 0 atom stereocenters. The molecule has 1 aromatic carbocycles. The predicted molar refractivity (Wildman–Crippen MR) is 114 cm³/mol. The van der Waals surface area contributed by atoms with E-state index >= 15 is 0 Å². The van der Waals surface area contributed by atoms with Crippen LogP contribution in [-0.2, 0) is 6.18 Å². The van der Waals surface area contributed by atoms with Gasteiger partial charge < -0.3 is 15.4 Å². The van der Waals surface area contributed by atoms with Crippen LogP contribution in [0, 0.1) is 0 Å². The Kier molecular flexibility index (Phi) is 8.07. The van der Waals surface area contributed by atoms with Crippen molar-refractivity contribution in [2.75, 3.05) is 19.7 Å². The lowest BCUT2D eigenvalue weighted by molar-refractivity contribution is -0.154. The predicted octanol–water partition coefficient (Wildman–Crippen LogP) is 4.04.